The fraction of sp³-hybridized carbons (Fsp3) is 0.500. The molecule has 2 N–H and O–H groups in total. The number of nitrogens with zero attached hydrogens (tertiary/aromatic N) is 2. The van der Waals surface area contributed by atoms with Crippen LogP contribution in [0, 0.1) is 0 Å². The summed E-state index contributed by atoms with van der Waals surface area (Å²) in [6.07, 6.45) is 2.05. The highest BCUT2D eigenvalue weighted by atomic mass is 32.1. The van der Waals surface area contributed by atoms with E-state index in [9.17, 15) is 4.79 Å². The van der Waals surface area contributed by atoms with E-state index in [1.807, 2.05) is 0 Å². The van der Waals surface area contributed by atoms with Crippen molar-refractivity contribution in [2.45, 2.75) is 38.8 Å². The van der Waals surface area contributed by atoms with Gasteiger partial charge in [0.05, 0.1) is 17.8 Å². The summed E-state index contributed by atoms with van der Waals surface area (Å²) in [6.45, 7) is 4.70. The Morgan fingerprint density at radius 1 is 1.58 bits per heavy atom. The van der Waals surface area contributed by atoms with Gasteiger partial charge in [0.25, 0.3) is 5.91 Å². The van der Waals surface area contributed by atoms with Crippen LogP contribution in [0.5, 0.6) is 0 Å². The first-order valence-corrected chi connectivity index (χ1v) is 7.03. The second-order valence-electron chi connectivity index (χ2n) is 5.57. The van der Waals surface area contributed by atoms with Crippen molar-refractivity contribution in [2.75, 3.05) is 5.32 Å². The van der Waals surface area contributed by atoms with Crippen LogP contribution in [0.4, 0.5) is 5.00 Å². The molecule has 0 radical (unpaired) electrons. The third kappa shape index (κ3) is 1.51. The molecular weight excluding hydrogens is 264 g/mol. The van der Waals surface area contributed by atoms with E-state index in [2.05, 4.69) is 29.7 Å². The number of anilines is 1. The Hall–Kier alpha value is -1.60. The first-order valence-electron chi connectivity index (χ1n) is 6.21. The van der Waals surface area contributed by atoms with Crippen LogP contribution in [-0.2, 0) is 17.8 Å². The molecule has 4 rings (SSSR count). The van der Waals surface area contributed by atoms with E-state index in [-0.39, 0.29) is 17.8 Å². The molecule has 100 valence electrons. The lowest BCUT2D eigenvalue weighted by atomic mass is 9.92. The summed E-state index contributed by atoms with van der Waals surface area (Å²) in [5, 5.41) is 8.16. The fourth-order valence-corrected chi connectivity index (χ4v) is 3.85. The minimum atomic E-state index is -0.256. The summed E-state index contributed by atoms with van der Waals surface area (Å²) >= 11 is 1.61. The zero-order chi connectivity index (χ0) is 13.2. The van der Waals surface area contributed by atoms with Crippen LogP contribution in [0.3, 0.4) is 0 Å². The van der Waals surface area contributed by atoms with Crippen LogP contribution >= 0.6 is 11.3 Å². The van der Waals surface area contributed by atoms with Gasteiger partial charge in [0.1, 0.15) is 11.3 Å². The van der Waals surface area contributed by atoms with Crippen LogP contribution in [0.25, 0.3) is 0 Å². The molecule has 7 heteroatoms. The molecule has 3 aliphatic rings. The maximum absolute atomic E-state index is 12.6. The fourth-order valence-electron chi connectivity index (χ4n) is 2.70. The van der Waals surface area contributed by atoms with Gasteiger partial charge in [-0.2, -0.15) is 5.10 Å². The van der Waals surface area contributed by atoms with Crippen molar-refractivity contribution in [2.24, 2.45) is 5.10 Å². The number of thiophene rings is 1. The quantitative estimate of drug-likeness (QED) is 0.750. The Balaban J connectivity index is 1.83. The third-order valence-corrected chi connectivity index (χ3v) is 4.80. The van der Waals surface area contributed by atoms with Gasteiger partial charge in [-0.3, -0.25) is 15.1 Å². The van der Waals surface area contributed by atoms with E-state index in [0.717, 1.165) is 27.4 Å². The summed E-state index contributed by atoms with van der Waals surface area (Å²) in [5.74, 6) is 0.0164. The predicted molar refractivity (Wildman–Crippen MR) is 72.1 cm³/mol. The van der Waals surface area contributed by atoms with Gasteiger partial charge in [0.2, 0.25) is 0 Å². The van der Waals surface area contributed by atoms with Crippen LogP contribution < -0.4 is 10.7 Å². The molecule has 1 amide bonds. The number of hydrogen-bond acceptors (Lipinski definition) is 6. The van der Waals surface area contributed by atoms with Crippen molar-refractivity contribution < 1.29 is 9.53 Å². The topological polar surface area (TPSA) is 66.0 Å². The van der Waals surface area contributed by atoms with Gasteiger partial charge in [-0.15, -0.1) is 11.3 Å². The third-order valence-electron chi connectivity index (χ3n) is 3.66. The number of carbonyl (C=O) groups excluding carboxylic acids is 1. The van der Waals surface area contributed by atoms with E-state index in [1.54, 1.807) is 16.2 Å². The first kappa shape index (κ1) is 11.2. The van der Waals surface area contributed by atoms with Crippen molar-refractivity contribution in [1.82, 2.24) is 10.3 Å². The molecule has 1 aromatic rings. The number of nitrogens with one attached hydrogen (secondary N) is 2. The number of rotatable bonds is 0. The molecule has 0 fully saturated rings. The van der Waals surface area contributed by atoms with Crippen LogP contribution in [0.15, 0.2) is 5.10 Å². The predicted octanol–water partition coefficient (Wildman–Crippen LogP) is 1.30. The number of ether oxygens (including phenoxy) is 1. The number of carbonyl (C=O) groups is 1. The average molecular weight is 278 g/mol. The average Bonchev–Trinajstić information content (AvgIpc) is 2.92. The Morgan fingerprint density at radius 2 is 2.42 bits per heavy atom. The molecule has 0 aliphatic carbocycles. The summed E-state index contributed by atoms with van der Waals surface area (Å²) in [7, 11) is 0. The van der Waals surface area contributed by atoms with E-state index < -0.39 is 0 Å². The Labute approximate surface area is 114 Å². The Bertz CT molecular complexity index is 607. The van der Waals surface area contributed by atoms with E-state index in [0.29, 0.717) is 6.61 Å². The lowest BCUT2D eigenvalue weighted by molar-refractivity contribution is -0.0384. The van der Waals surface area contributed by atoms with Gasteiger partial charge in [0, 0.05) is 11.3 Å². The number of hydrazone groups is 1. The molecule has 0 aromatic carbocycles. The minimum Gasteiger partial charge on any atom is -0.370 e. The van der Waals surface area contributed by atoms with E-state index >= 15 is 0 Å². The lowest BCUT2D eigenvalue weighted by Gasteiger charge is -2.32. The molecular formula is C12H14N4O2S. The molecule has 19 heavy (non-hydrogen) atoms. The van der Waals surface area contributed by atoms with Gasteiger partial charge >= 0.3 is 0 Å². The maximum atomic E-state index is 12.6. The molecule has 0 saturated heterocycles. The Morgan fingerprint density at radius 3 is 3.26 bits per heavy atom. The normalized spacial score (nSPS) is 26.3. The molecule has 1 atom stereocenters. The molecule has 3 aliphatic heterocycles. The van der Waals surface area contributed by atoms with Gasteiger partial charge in [-0.1, -0.05) is 0 Å². The Kier molecular flexibility index (Phi) is 2.06. The van der Waals surface area contributed by atoms with Gasteiger partial charge in [-0.05, 0) is 19.4 Å². The second kappa shape index (κ2) is 3.49. The summed E-state index contributed by atoms with van der Waals surface area (Å²) in [6, 6.07) is 0. The van der Waals surface area contributed by atoms with Gasteiger partial charge in [0.15, 0.2) is 6.29 Å². The molecule has 0 bridgehead atoms. The molecule has 4 heterocycles. The van der Waals surface area contributed by atoms with Gasteiger partial charge < -0.3 is 10.1 Å². The van der Waals surface area contributed by atoms with Crippen molar-refractivity contribution >= 4 is 28.6 Å². The molecule has 0 saturated carbocycles. The highest BCUT2D eigenvalue weighted by Crippen LogP contribution is 2.42. The summed E-state index contributed by atoms with van der Waals surface area (Å²) < 4.78 is 5.81. The monoisotopic (exact) mass is 278 g/mol. The van der Waals surface area contributed by atoms with Crippen molar-refractivity contribution in [3.8, 4) is 0 Å². The molecule has 1 unspecified atom stereocenters. The largest absolute Gasteiger partial charge is 0.370 e. The smallest absolute Gasteiger partial charge is 0.265 e. The number of hydrogen-bond donors (Lipinski definition) is 2. The summed E-state index contributed by atoms with van der Waals surface area (Å²) in [5.41, 5.74) is 4.58. The van der Waals surface area contributed by atoms with E-state index in [4.69, 9.17) is 4.74 Å². The van der Waals surface area contributed by atoms with Crippen LogP contribution in [0.2, 0.25) is 0 Å². The maximum Gasteiger partial charge on any atom is 0.265 e. The number of amides is 1. The number of fused-ring (bicyclic) bond motifs is 4. The van der Waals surface area contributed by atoms with Gasteiger partial charge in [-0.25, -0.2) is 0 Å². The lowest BCUT2D eigenvalue weighted by Crippen LogP contribution is -2.50. The van der Waals surface area contributed by atoms with Crippen molar-refractivity contribution in [3.63, 3.8) is 0 Å². The zero-order valence-corrected chi connectivity index (χ0v) is 11.5. The standard InChI is InChI=1S/C12H14N4O2S/c1-12(2)3-6-7(4-18-12)19-9-8(6)10(17)16-5-13-15-11(16)14-9/h5,11,14-15H,3-4H2,1-2H3. The zero-order valence-electron chi connectivity index (χ0n) is 10.7. The highest BCUT2D eigenvalue weighted by molar-refractivity contribution is 7.16. The van der Waals surface area contributed by atoms with Crippen molar-refractivity contribution in [3.05, 3.63) is 16.0 Å². The molecule has 0 spiro atoms. The SMILES string of the molecule is CC1(C)Cc2c(sc3c2C(=O)N2C=NNC2N3)CO1. The molecule has 6 nitrogen and oxygen atoms in total. The van der Waals surface area contributed by atoms with Crippen LogP contribution in [0.1, 0.15) is 34.6 Å². The first-order chi connectivity index (χ1) is 9.05. The second-order valence-corrected chi connectivity index (χ2v) is 6.67. The van der Waals surface area contributed by atoms with E-state index in [1.165, 1.54) is 6.34 Å². The van der Waals surface area contributed by atoms with Crippen LogP contribution in [-0.4, -0.2) is 29.0 Å². The molecule has 1 aromatic heterocycles. The van der Waals surface area contributed by atoms with Crippen molar-refractivity contribution in [1.29, 1.82) is 0 Å². The highest BCUT2D eigenvalue weighted by Gasteiger charge is 2.40. The summed E-state index contributed by atoms with van der Waals surface area (Å²) in [4.78, 5) is 15.3. The minimum absolute atomic E-state index is 0.0164.